The normalized spacial score (nSPS) is 22.4. The SMILES string of the molecule is CC(C)[C@@H]1C(=O)NCCN1Cc1ccccc1OCCN1CCOCC1. The van der Waals surface area contributed by atoms with Crippen LogP contribution in [-0.2, 0) is 16.1 Å². The third-order valence-electron chi connectivity index (χ3n) is 5.11. The number of hydrogen-bond acceptors (Lipinski definition) is 5. The molecule has 1 aromatic rings. The second-order valence-electron chi connectivity index (χ2n) is 7.36. The molecule has 2 saturated heterocycles. The van der Waals surface area contributed by atoms with Crippen LogP contribution in [0.3, 0.4) is 0 Å². The van der Waals surface area contributed by atoms with Gasteiger partial charge in [0.25, 0.3) is 0 Å². The molecule has 2 aliphatic heterocycles. The summed E-state index contributed by atoms with van der Waals surface area (Å²) in [6.07, 6.45) is 0. The first-order chi connectivity index (χ1) is 12.6. The summed E-state index contributed by atoms with van der Waals surface area (Å²) in [5.74, 6) is 1.34. The molecule has 6 nitrogen and oxygen atoms in total. The van der Waals surface area contributed by atoms with Crippen LogP contribution in [0.25, 0.3) is 0 Å². The molecule has 0 unspecified atom stereocenters. The van der Waals surface area contributed by atoms with E-state index in [9.17, 15) is 4.79 Å². The second kappa shape index (κ2) is 9.35. The quantitative estimate of drug-likeness (QED) is 0.795. The van der Waals surface area contributed by atoms with Gasteiger partial charge in [-0.05, 0) is 12.0 Å². The summed E-state index contributed by atoms with van der Waals surface area (Å²) in [7, 11) is 0. The van der Waals surface area contributed by atoms with Crippen LogP contribution >= 0.6 is 0 Å². The Kier molecular flexibility index (Phi) is 6.88. The fourth-order valence-corrected chi connectivity index (χ4v) is 3.74. The van der Waals surface area contributed by atoms with Gasteiger partial charge in [0.15, 0.2) is 0 Å². The highest BCUT2D eigenvalue weighted by molar-refractivity contribution is 5.82. The number of para-hydroxylation sites is 1. The predicted octanol–water partition coefficient (Wildman–Crippen LogP) is 1.35. The zero-order valence-corrected chi connectivity index (χ0v) is 15.9. The van der Waals surface area contributed by atoms with Crippen LogP contribution in [0, 0.1) is 5.92 Å². The summed E-state index contributed by atoms with van der Waals surface area (Å²) in [5, 5.41) is 2.99. The van der Waals surface area contributed by atoms with E-state index in [4.69, 9.17) is 9.47 Å². The van der Waals surface area contributed by atoms with Crippen molar-refractivity contribution < 1.29 is 14.3 Å². The minimum absolute atomic E-state index is 0.0786. The molecule has 1 aromatic carbocycles. The van der Waals surface area contributed by atoms with Crippen LogP contribution in [0.15, 0.2) is 24.3 Å². The van der Waals surface area contributed by atoms with Gasteiger partial charge in [-0.25, -0.2) is 0 Å². The van der Waals surface area contributed by atoms with Gasteiger partial charge in [0.1, 0.15) is 12.4 Å². The lowest BCUT2D eigenvalue weighted by atomic mass is 9.99. The van der Waals surface area contributed by atoms with Crippen LogP contribution in [0.1, 0.15) is 19.4 Å². The van der Waals surface area contributed by atoms with Gasteiger partial charge >= 0.3 is 0 Å². The minimum atomic E-state index is -0.0786. The maximum Gasteiger partial charge on any atom is 0.237 e. The monoisotopic (exact) mass is 361 g/mol. The highest BCUT2D eigenvalue weighted by Crippen LogP contribution is 2.23. The van der Waals surface area contributed by atoms with Gasteiger partial charge < -0.3 is 14.8 Å². The van der Waals surface area contributed by atoms with Crippen molar-refractivity contribution in [3.05, 3.63) is 29.8 Å². The van der Waals surface area contributed by atoms with E-state index in [-0.39, 0.29) is 17.9 Å². The Hall–Kier alpha value is -1.63. The van der Waals surface area contributed by atoms with E-state index < -0.39 is 0 Å². The molecule has 0 spiro atoms. The van der Waals surface area contributed by atoms with E-state index in [1.54, 1.807) is 0 Å². The average Bonchev–Trinajstić information content (AvgIpc) is 2.64. The third kappa shape index (κ3) is 4.96. The molecule has 1 amide bonds. The maximum atomic E-state index is 12.3. The molecule has 0 aliphatic carbocycles. The van der Waals surface area contributed by atoms with Crippen LogP contribution in [-0.4, -0.2) is 74.3 Å². The van der Waals surface area contributed by atoms with E-state index in [0.717, 1.165) is 57.3 Å². The molecule has 1 atom stereocenters. The number of hydrogen-bond donors (Lipinski definition) is 1. The molecule has 144 valence electrons. The molecular formula is C20H31N3O3. The van der Waals surface area contributed by atoms with Crippen LogP contribution < -0.4 is 10.1 Å². The zero-order valence-electron chi connectivity index (χ0n) is 15.9. The maximum absolute atomic E-state index is 12.3. The summed E-state index contributed by atoms with van der Waals surface area (Å²) >= 11 is 0. The summed E-state index contributed by atoms with van der Waals surface area (Å²) in [5.41, 5.74) is 1.15. The Bertz CT molecular complexity index is 587. The van der Waals surface area contributed by atoms with Crippen LogP contribution in [0.4, 0.5) is 0 Å². The first-order valence-corrected chi connectivity index (χ1v) is 9.67. The Morgan fingerprint density at radius 1 is 1.23 bits per heavy atom. The Morgan fingerprint density at radius 2 is 2.00 bits per heavy atom. The molecule has 0 radical (unpaired) electrons. The van der Waals surface area contributed by atoms with Gasteiger partial charge in [-0.3, -0.25) is 14.6 Å². The molecule has 26 heavy (non-hydrogen) atoms. The zero-order chi connectivity index (χ0) is 18.4. The molecule has 0 saturated carbocycles. The lowest BCUT2D eigenvalue weighted by Crippen LogP contribution is -2.56. The van der Waals surface area contributed by atoms with E-state index in [0.29, 0.717) is 13.2 Å². The highest BCUT2D eigenvalue weighted by Gasteiger charge is 2.32. The molecule has 2 heterocycles. The fraction of sp³-hybridized carbons (Fsp3) is 0.650. The Morgan fingerprint density at radius 3 is 2.77 bits per heavy atom. The van der Waals surface area contributed by atoms with Crippen molar-refractivity contribution in [3.63, 3.8) is 0 Å². The van der Waals surface area contributed by atoms with E-state index in [1.807, 2.05) is 18.2 Å². The van der Waals surface area contributed by atoms with Gasteiger partial charge in [-0.15, -0.1) is 0 Å². The van der Waals surface area contributed by atoms with Crippen LogP contribution in [0.5, 0.6) is 5.75 Å². The lowest BCUT2D eigenvalue weighted by Gasteiger charge is -2.37. The van der Waals surface area contributed by atoms with Crippen molar-refractivity contribution in [2.45, 2.75) is 26.4 Å². The van der Waals surface area contributed by atoms with Gasteiger partial charge in [0, 0.05) is 44.8 Å². The summed E-state index contributed by atoms with van der Waals surface area (Å²) in [6.45, 7) is 11.7. The van der Waals surface area contributed by atoms with Crippen molar-refractivity contribution in [2.24, 2.45) is 5.92 Å². The molecule has 6 heteroatoms. The molecular weight excluding hydrogens is 330 g/mol. The molecule has 2 fully saturated rings. The number of rotatable bonds is 7. The van der Waals surface area contributed by atoms with Crippen molar-refractivity contribution in [2.75, 3.05) is 52.5 Å². The molecule has 0 bridgehead atoms. The number of piperazine rings is 1. The Labute approximate surface area is 156 Å². The number of ether oxygens (including phenoxy) is 2. The number of nitrogens with zero attached hydrogens (tertiary/aromatic N) is 2. The first-order valence-electron chi connectivity index (χ1n) is 9.67. The molecule has 1 N–H and O–H groups in total. The van der Waals surface area contributed by atoms with Crippen LogP contribution in [0.2, 0.25) is 0 Å². The number of nitrogens with one attached hydrogen (secondary N) is 1. The van der Waals surface area contributed by atoms with Gasteiger partial charge in [0.05, 0.1) is 19.3 Å². The second-order valence-corrected chi connectivity index (χ2v) is 7.36. The minimum Gasteiger partial charge on any atom is -0.492 e. The lowest BCUT2D eigenvalue weighted by molar-refractivity contribution is -0.131. The topological polar surface area (TPSA) is 54.0 Å². The number of carbonyl (C=O) groups is 1. The largest absolute Gasteiger partial charge is 0.492 e. The van der Waals surface area contributed by atoms with Crippen molar-refractivity contribution in [1.82, 2.24) is 15.1 Å². The Balaban J connectivity index is 1.60. The summed E-state index contributed by atoms with van der Waals surface area (Å²) in [6, 6.07) is 8.11. The number of carbonyl (C=O) groups excluding carboxylic acids is 1. The van der Waals surface area contributed by atoms with Gasteiger partial charge in [-0.2, -0.15) is 0 Å². The average molecular weight is 361 g/mol. The third-order valence-corrected chi connectivity index (χ3v) is 5.11. The number of morpholine rings is 1. The van der Waals surface area contributed by atoms with Crippen molar-refractivity contribution >= 4 is 5.91 Å². The highest BCUT2D eigenvalue weighted by atomic mass is 16.5. The van der Waals surface area contributed by atoms with E-state index >= 15 is 0 Å². The van der Waals surface area contributed by atoms with Crippen molar-refractivity contribution in [3.8, 4) is 5.75 Å². The van der Waals surface area contributed by atoms with Crippen molar-refractivity contribution in [1.29, 1.82) is 0 Å². The smallest absolute Gasteiger partial charge is 0.237 e. The van der Waals surface area contributed by atoms with E-state index in [1.165, 1.54) is 0 Å². The predicted molar refractivity (Wildman–Crippen MR) is 101 cm³/mol. The molecule has 0 aromatic heterocycles. The van der Waals surface area contributed by atoms with Gasteiger partial charge in [0.2, 0.25) is 5.91 Å². The molecule has 2 aliphatic rings. The van der Waals surface area contributed by atoms with E-state index in [2.05, 4.69) is 35.0 Å². The molecule has 3 rings (SSSR count). The van der Waals surface area contributed by atoms with Gasteiger partial charge in [-0.1, -0.05) is 32.0 Å². The number of benzene rings is 1. The standard InChI is InChI=1S/C20H31N3O3/c1-16(2)19-20(24)21-7-8-23(19)15-17-5-3-4-6-18(17)26-14-11-22-9-12-25-13-10-22/h3-6,16,19H,7-15H2,1-2H3,(H,21,24)/t19-/m1/s1. The summed E-state index contributed by atoms with van der Waals surface area (Å²) in [4.78, 5) is 16.9. The first kappa shape index (κ1) is 19.1. The number of amides is 1. The fourth-order valence-electron chi connectivity index (χ4n) is 3.74. The summed E-state index contributed by atoms with van der Waals surface area (Å²) < 4.78 is 11.5.